The van der Waals surface area contributed by atoms with Crippen molar-refractivity contribution in [3.8, 4) is 0 Å². The Hall–Kier alpha value is -2.26. The molecule has 0 saturated carbocycles. The van der Waals surface area contributed by atoms with E-state index in [2.05, 4.69) is 4.98 Å². The summed E-state index contributed by atoms with van der Waals surface area (Å²) in [6, 6.07) is 0.357. The maximum atomic E-state index is 13.1. The Kier molecular flexibility index (Phi) is 4.87. The third-order valence-corrected chi connectivity index (χ3v) is 5.25. The van der Waals surface area contributed by atoms with Gasteiger partial charge in [0.05, 0.1) is 0 Å². The zero-order chi connectivity index (χ0) is 18.1. The van der Waals surface area contributed by atoms with Crippen LogP contribution in [0.3, 0.4) is 0 Å². The molecule has 2 amide bonds. The smallest absolute Gasteiger partial charge is 0.274 e. The van der Waals surface area contributed by atoms with Gasteiger partial charge < -0.3 is 15.5 Å². The van der Waals surface area contributed by atoms with Crippen molar-refractivity contribution in [3.63, 3.8) is 0 Å². The maximum Gasteiger partial charge on any atom is 0.274 e. The lowest BCUT2D eigenvalue weighted by Crippen LogP contribution is -2.48. The van der Waals surface area contributed by atoms with Gasteiger partial charge in [-0.3, -0.25) is 18.8 Å². The van der Waals surface area contributed by atoms with Crippen LogP contribution in [-0.2, 0) is 4.79 Å². The first-order valence-corrected chi connectivity index (χ1v) is 9.16. The van der Waals surface area contributed by atoms with E-state index in [1.165, 1.54) is 22.3 Å². The van der Waals surface area contributed by atoms with Crippen molar-refractivity contribution >= 4 is 28.1 Å². The second-order valence-electron chi connectivity index (χ2n) is 6.01. The number of rotatable bonds is 4. The van der Waals surface area contributed by atoms with E-state index in [0.29, 0.717) is 31.0 Å². The van der Waals surface area contributed by atoms with Crippen LogP contribution in [0.4, 0.5) is 0 Å². The molecule has 0 spiro atoms. The summed E-state index contributed by atoms with van der Waals surface area (Å²) in [4.78, 5) is 45.2. The first kappa shape index (κ1) is 17.6. The van der Waals surface area contributed by atoms with Gasteiger partial charge in [-0.05, 0) is 20.3 Å². The van der Waals surface area contributed by atoms with Crippen LogP contribution in [0.2, 0.25) is 0 Å². The summed E-state index contributed by atoms with van der Waals surface area (Å²) in [7, 11) is 0. The Labute approximate surface area is 148 Å². The van der Waals surface area contributed by atoms with Crippen LogP contribution in [-0.4, -0.2) is 62.7 Å². The van der Waals surface area contributed by atoms with Gasteiger partial charge in [0.15, 0.2) is 4.96 Å². The summed E-state index contributed by atoms with van der Waals surface area (Å²) in [5.74, 6) is -0.472. The quantitative estimate of drug-likeness (QED) is 0.834. The lowest BCUT2D eigenvalue weighted by Gasteiger charge is -2.29. The number of nitrogens with two attached hydrogens (primary N) is 1. The molecule has 3 rings (SSSR count). The number of amides is 2. The molecule has 1 aliphatic rings. The lowest BCUT2D eigenvalue weighted by molar-refractivity contribution is -0.134. The first-order valence-electron chi connectivity index (χ1n) is 8.28. The van der Waals surface area contributed by atoms with Crippen LogP contribution in [0.1, 0.15) is 30.8 Å². The van der Waals surface area contributed by atoms with Crippen LogP contribution in [0.5, 0.6) is 0 Å². The highest BCUT2D eigenvalue weighted by molar-refractivity contribution is 7.15. The van der Waals surface area contributed by atoms with Gasteiger partial charge in [0.1, 0.15) is 11.7 Å². The third kappa shape index (κ3) is 3.16. The molecule has 25 heavy (non-hydrogen) atoms. The van der Waals surface area contributed by atoms with Crippen molar-refractivity contribution in [1.82, 2.24) is 19.2 Å². The Morgan fingerprint density at radius 3 is 2.80 bits per heavy atom. The molecule has 0 radical (unpaired) electrons. The summed E-state index contributed by atoms with van der Waals surface area (Å²) < 4.78 is 1.58. The molecule has 0 aliphatic carbocycles. The molecule has 9 heteroatoms. The summed E-state index contributed by atoms with van der Waals surface area (Å²) in [6.07, 6.45) is 2.12. The molecular formula is C16H21N5O3S. The van der Waals surface area contributed by atoms with Crippen LogP contribution >= 0.6 is 11.3 Å². The average molecular weight is 363 g/mol. The lowest BCUT2D eigenvalue weighted by atomic mass is 10.1. The van der Waals surface area contributed by atoms with Crippen LogP contribution in [0, 0.1) is 0 Å². The summed E-state index contributed by atoms with van der Waals surface area (Å²) in [6.45, 7) is 5.25. The number of likely N-dealkylation sites (N-methyl/N-ethyl adjacent to an activating group) is 1. The maximum absolute atomic E-state index is 13.1. The van der Waals surface area contributed by atoms with E-state index in [0.717, 1.165) is 0 Å². The van der Waals surface area contributed by atoms with E-state index in [-0.39, 0.29) is 23.6 Å². The molecule has 2 atom stereocenters. The van der Waals surface area contributed by atoms with E-state index in [1.54, 1.807) is 20.9 Å². The van der Waals surface area contributed by atoms with Crippen molar-refractivity contribution in [2.75, 3.05) is 19.6 Å². The molecule has 0 aromatic carbocycles. The fourth-order valence-electron chi connectivity index (χ4n) is 3.23. The second kappa shape index (κ2) is 6.93. The van der Waals surface area contributed by atoms with E-state index in [4.69, 9.17) is 5.73 Å². The number of hydrogen-bond donors (Lipinski definition) is 1. The molecule has 134 valence electrons. The zero-order valence-corrected chi connectivity index (χ0v) is 15.0. The molecule has 2 aromatic heterocycles. The van der Waals surface area contributed by atoms with E-state index >= 15 is 0 Å². The van der Waals surface area contributed by atoms with Crippen molar-refractivity contribution in [2.45, 2.75) is 32.4 Å². The number of carbonyl (C=O) groups excluding carboxylic acids is 2. The van der Waals surface area contributed by atoms with Crippen LogP contribution in [0.25, 0.3) is 4.96 Å². The highest BCUT2D eigenvalue weighted by Crippen LogP contribution is 2.22. The topological polar surface area (TPSA) is 101 Å². The fraction of sp³-hybridized carbons (Fsp3) is 0.500. The van der Waals surface area contributed by atoms with Gasteiger partial charge in [-0.25, -0.2) is 0 Å². The summed E-state index contributed by atoms with van der Waals surface area (Å²) in [5.41, 5.74) is 5.77. The molecule has 3 heterocycles. The van der Waals surface area contributed by atoms with Gasteiger partial charge in [-0.15, -0.1) is 11.3 Å². The van der Waals surface area contributed by atoms with Crippen molar-refractivity contribution in [3.05, 3.63) is 33.7 Å². The molecule has 2 aromatic rings. The minimum atomic E-state index is -0.597. The average Bonchev–Trinajstić information content (AvgIpc) is 3.20. The standard InChI is InChI=1S/C16H21N5O3S/c1-3-19(4-2)14(23)11-7-10(17)9-21(11)15(24)12-8-13(22)18-16-20(12)5-6-25-16/h5-6,8,10-11H,3-4,7,9,17H2,1-2H3/t10-,11+/m1/s1. The molecule has 0 unspecified atom stereocenters. The number of hydrogen-bond acceptors (Lipinski definition) is 6. The number of likely N-dealkylation sites (tertiary alicyclic amines) is 1. The normalized spacial score (nSPS) is 20.2. The van der Waals surface area contributed by atoms with E-state index in [9.17, 15) is 14.4 Å². The highest BCUT2D eigenvalue weighted by atomic mass is 32.1. The van der Waals surface area contributed by atoms with Crippen molar-refractivity contribution < 1.29 is 9.59 Å². The van der Waals surface area contributed by atoms with Gasteiger partial charge in [0.25, 0.3) is 11.5 Å². The highest BCUT2D eigenvalue weighted by Gasteiger charge is 2.40. The second-order valence-corrected chi connectivity index (χ2v) is 6.89. The third-order valence-electron chi connectivity index (χ3n) is 4.49. The molecular weight excluding hydrogens is 342 g/mol. The first-order chi connectivity index (χ1) is 12.0. The predicted octanol–water partition coefficient (Wildman–Crippen LogP) is 0.166. The van der Waals surface area contributed by atoms with Crippen molar-refractivity contribution in [2.24, 2.45) is 5.73 Å². The summed E-state index contributed by atoms with van der Waals surface area (Å²) >= 11 is 1.28. The van der Waals surface area contributed by atoms with Crippen molar-refractivity contribution in [1.29, 1.82) is 0 Å². The Bertz CT molecular complexity index is 857. The molecule has 2 N–H and O–H groups in total. The van der Waals surface area contributed by atoms with Gasteiger partial charge in [-0.1, -0.05) is 0 Å². The zero-order valence-electron chi connectivity index (χ0n) is 14.2. The van der Waals surface area contributed by atoms with Crippen LogP contribution < -0.4 is 11.3 Å². The van der Waals surface area contributed by atoms with Gasteiger partial charge in [0, 0.05) is 43.3 Å². The molecule has 1 saturated heterocycles. The number of aromatic nitrogens is 2. The minimum Gasteiger partial charge on any atom is -0.341 e. The molecule has 8 nitrogen and oxygen atoms in total. The van der Waals surface area contributed by atoms with E-state index < -0.39 is 11.6 Å². The van der Waals surface area contributed by atoms with Gasteiger partial charge in [-0.2, -0.15) is 4.98 Å². The molecule has 1 fully saturated rings. The van der Waals surface area contributed by atoms with E-state index in [1.807, 2.05) is 13.8 Å². The molecule has 1 aliphatic heterocycles. The number of fused-ring (bicyclic) bond motifs is 1. The summed E-state index contributed by atoms with van der Waals surface area (Å²) in [5, 5.41) is 1.76. The number of carbonyl (C=O) groups is 2. The Morgan fingerprint density at radius 2 is 2.12 bits per heavy atom. The van der Waals surface area contributed by atoms with Gasteiger partial charge >= 0.3 is 0 Å². The number of thiazole rings is 1. The minimum absolute atomic E-state index is 0.103. The Morgan fingerprint density at radius 1 is 1.40 bits per heavy atom. The molecule has 0 bridgehead atoms. The Balaban J connectivity index is 1.98. The predicted molar refractivity (Wildman–Crippen MR) is 94.7 cm³/mol. The van der Waals surface area contributed by atoms with Gasteiger partial charge in [0.2, 0.25) is 5.91 Å². The fourth-order valence-corrected chi connectivity index (χ4v) is 3.95. The largest absolute Gasteiger partial charge is 0.341 e. The van der Waals surface area contributed by atoms with Crippen LogP contribution in [0.15, 0.2) is 22.4 Å². The monoisotopic (exact) mass is 363 g/mol. The SMILES string of the molecule is CCN(CC)C(=O)[C@@H]1C[C@@H](N)CN1C(=O)c1cc(=O)nc2sccn12. The number of nitrogens with zero attached hydrogens (tertiary/aromatic N) is 4.